The van der Waals surface area contributed by atoms with Crippen LogP contribution in [0.25, 0.3) is 6.08 Å². The number of carbonyl (C=O) groups is 1. The summed E-state index contributed by atoms with van der Waals surface area (Å²) in [7, 11) is 1.38. The standard InChI is InChI=1S/C20H15FO2/c1-23-20(22)18-10-9-16-11-15(7-8-17(16)13-18)6-5-14-3-2-4-19(21)12-14/h2-4,9-13H,7-8H2,1H3. The predicted octanol–water partition coefficient (Wildman–Crippen LogP) is 3.99. The van der Waals surface area contributed by atoms with Crippen LogP contribution in [0, 0.1) is 17.7 Å². The van der Waals surface area contributed by atoms with Crippen molar-refractivity contribution in [2.75, 3.05) is 7.11 Å². The first-order valence-electron chi connectivity index (χ1n) is 7.35. The number of aryl methyl sites for hydroxylation is 1. The van der Waals surface area contributed by atoms with Gasteiger partial charge in [-0.2, -0.15) is 0 Å². The molecule has 2 nitrogen and oxygen atoms in total. The fraction of sp³-hybridized carbons (Fsp3) is 0.150. The third-order valence-electron chi connectivity index (χ3n) is 3.75. The molecule has 0 saturated heterocycles. The van der Waals surface area contributed by atoms with Gasteiger partial charge in [0.2, 0.25) is 0 Å². The van der Waals surface area contributed by atoms with Crippen LogP contribution in [0.4, 0.5) is 4.39 Å². The zero-order chi connectivity index (χ0) is 16.2. The van der Waals surface area contributed by atoms with Gasteiger partial charge in [0.05, 0.1) is 12.7 Å². The Labute approximate surface area is 134 Å². The molecule has 2 aromatic rings. The second-order valence-electron chi connectivity index (χ2n) is 5.34. The lowest BCUT2D eigenvalue weighted by Crippen LogP contribution is -2.05. The minimum Gasteiger partial charge on any atom is -0.465 e. The van der Waals surface area contributed by atoms with Gasteiger partial charge in [-0.15, -0.1) is 0 Å². The second kappa shape index (κ2) is 6.50. The maximum atomic E-state index is 13.1. The number of benzene rings is 2. The Morgan fingerprint density at radius 2 is 2.00 bits per heavy atom. The van der Waals surface area contributed by atoms with Crippen molar-refractivity contribution >= 4 is 12.0 Å². The van der Waals surface area contributed by atoms with E-state index in [9.17, 15) is 9.18 Å². The molecule has 0 aliphatic heterocycles. The van der Waals surface area contributed by atoms with Crippen LogP contribution in [0.1, 0.15) is 33.5 Å². The summed E-state index contributed by atoms with van der Waals surface area (Å²) >= 11 is 0. The van der Waals surface area contributed by atoms with Gasteiger partial charge in [-0.25, -0.2) is 9.18 Å². The first kappa shape index (κ1) is 15.1. The SMILES string of the molecule is COC(=O)c1ccc2c(c1)CCC(C#Cc1cccc(F)c1)=C2. The summed E-state index contributed by atoms with van der Waals surface area (Å²) in [6.07, 6.45) is 3.65. The minimum absolute atomic E-state index is 0.282. The summed E-state index contributed by atoms with van der Waals surface area (Å²) < 4.78 is 17.9. The third kappa shape index (κ3) is 3.49. The van der Waals surface area contributed by atoms with Crippen LogP contribution in [0.15, 0.2) is 48.0 Å². The molecule has 0 radical (unpaired) electrons. The average molecular weight is 306 g/mol. The van der Waals surface area contributed by atoms with Crippen molar-refractivity contribution in [1.29, 1.82) is 0 Å². The highest BCUT2D eigenvalue weighted by Crippen LogP contribution is 2.25. The van der Waals surface area contributed by atoms with Gasteiger partial charge in [0.1, 0.15) is 5.82 Å². The summed E-state index contributed by atoms with van der Waals surface area (Å²) in [6.45, 7) is 0. The largest absolute Gasteiger partial charge is 0.465 e. The zero-order valence-electron chi connectivity index (χ0n) is 12.7. The van der Waals surface area contributed by atoms with Gasteiger partial charge < -0.3 is 4.74 Å². The van der Waals surface area contributed by atoms with Crippen molar-refractivity contribution in [2.24, 2.45) is 0 Å². The van der Waals surface area contributed by atoms with E-state index in [1.807, 2.05) is 18.2 Å². The molecule has 0 spiro atoms. The van der Waals surface area contributed by atoms with Crippen LogP contribution >= 0.6 is 0 Å². The van der Waals surface area contributed by atoms with Crippen molar-refractivity contribution < 1.29 is 13.9 Å². The Hall–Kier alpha value is -2.86. The summed E-state index contributed by atoms with van der Waals surface area (Å²) in [6, 6.07) is 11.8. The van der Waals surface area contributed by atoms with Crippen LogP contribution in [-0.4, -0.2) is 13.1 Å². The smallest absolute Gasteiger partial charge is 0.337 e. The van der Waals surface area contributed by atoms with Crippen LogP contribution < -0.4 is 0 Å². The topological polar surface area (TPSA) is 26.3 Å². The van der Waals surface area contributed by atoms with Crippen molar-refractivity contribution in [3.63, 3.8) is 0 Å². The number of methoxy groups -OCH3 is 1. The third-order valence-corrected chi connectivity index (χ3v) is 3.75. The molecule has 0 N–H and O–H groups in total. The Morgan fingerprint density at radius 1 is 1.13 bits per heavy atom. The highest BCUT2D eigenvalue weighted by molar-refractivity contribution is 5.90. The molecule has 0 atom stereocenters. The van der Waals surface area contributed by atoms with Crippen molar-refractivity contribution in [1.82, 2.24) is 0 Å². The molecule has 0 bridgehead atoms. The maximum absolute atomic E-state index is 13.1. The second-order valence-corrected chi connectivity index (χ2v) is 5.34. The number of hydrogen-bond acceptors (Lipinski definition) is 2. The van der Waals surface area contributed by atoms with Gasteiger partial charge in [0, 0.05) is 11.1 Å². The number of halogens is 1. The number of rotatable bonds is 1. The molecule has 0 saturated carbocycles. The van der Waals surface area contributed by atoms with E-state index in [1.165, 1.54) is 19.2 Å². The van der Waals surface area contributed by atoms with E-state index < -0.39 is 0 Å². The normalized spacial score (nSPS) is 12.5. The molecule has 1 aliphatic carbocycles. The highest BCUT2D eigenvalue weighted by atomic mass is 19.1. The lowest BCUT2D eigenvalue weighted by molar-refractivity contribution is 0.0600. The number of fused-ring (bicyclic) bond motifs is 1. The van der Waals surface area contributed by atoms with Crippen LogP contribution in [0.5, 0.6) is 0 Å². The Kier molecular flexibility index (Phi) is 4.25. The Bertz CT molecular complexity index is 853. The quantitative estimate of drug-likeness (QED) is 0.588. The maximum Gasteiger partial charge on any atom is 0.337 e. The van der Waals surface area contributed by atoms with Gasteiger partial charge in [-0.3, -0.25) is 0 Å². The first-order chi connectivity index (χ1) is 11.2. The predicted molar refractivity (Wildman–Crippen MR) is 87.4 cm³/mol. The Morgan fingerprint density at radius 3 is 2.78 bits per heavy atom. The van der Waals surface area contributed by atoms with Crippen LogP contribution in [-0.2, 0) is 11.2 Å². The van der Waals surface area contributed by atoms with Crippen molar-refractivity contribution in [2.45, 2.75) is 12.8 Å². The molecule has 1 aliphatic rings. The van der Waals surface area contributed by atoms with Gasteiger partial charge in [0.15, 0.2) is 0 Å². The molecule has 2 aromatic carbocycles. The fourth-order valence-corrected chi connectivity index (χ4v) is 2.55. The van der Waals surface area contributed by atoms with Gasteiger partial charge in [-0.1, -0.05) is 24.0 Å². The molecule has 0 amide bonds. The number of ether oxygens (including phenoxy) is 1. The molecule has 0 unspecified atom stereocenters. The molecule has 114 valence electrons. The molecule has 0 heterocycles. The summed E-state index contributed by atoms with van der Waals surface area (Å²) in [4.78, 5) is 11.6. The van der Waals surface area contributed by atoms with E-state index in [1.54, 1.807) is 18.2 Å². The summed E-state index contributed by atoms with van der Waals surface area (Å²) in [5.41, 5.74) is 4.41. The van der Waals surface area contributed by atoms with Crippen molar-refractivity contribution in [3.8, 4) is 11.8 Å². The van der Waals surface area contributed by atoms with Gasteiger partial charge in [-0.05, 0) is 60.4 Å². The zero-order valence-corrected chi connectivity index (χ0v) is 12.7. The lowest BCUT2D eigenvalue weighted by atomic mass is 9.91. The highest BCUT2D eigenvalue weighted by Gasteiger charge is 2.13. The molecular weight excluding hydrogens is 291 g/mol. The van der Waals surface area contributed by atoms with Crippen LogP contribution in [0.2, 0.25) is 0 Å². The average Bonchev–Trinajstić information content (AvgIpc) is 2.58. The van der Waals surface area contributed by atoms with E-state index in [2.05, 4.69) is 11.8 Å². The monoisotopic (exact) mass is 306 g/mol. The fourth-order valence-electron chi connectivity index (χ4n) is 2.55. The summed E-state index contributed by atoms with van der Waals surface area (Å²) in [5, 5.41) is 0. The van der Waals surface area contributed by atoms with E-state index >= 15 is 0 Å². The first-order valence-corrected chi connectivity index (χ1v) is 7.35. The van der Waals surface area contributed by atoms with E-state index in [0.717, 1.165) is 29.5 Å². The number of hydrogen-bond donors (Lipinski definition) is 0. The Balaban J connectivity index is 1.85. The number of allylic oxidation sites excluding steroid dienone is 1. The molecular formula is C20H15FO2. The molecule has 3 rings (SSSR count). The minimum atomic E-state index is -0.325. The molecule has 3 heteroatoms. The van der Waals surface area contributed by atoms with Crippen molar-refractivity contribution in [3.05, 3.63) is 76.1 Å². The van der Waals surface area contributed by atoms with Gasteiger partial charge in [0.25, 0.3) is 0 Å². The van der Waals surface area contributed by atoms with Crippen LogP contribution in [0.3, 0.4) is 0 Å². The lowest BCUT2D eigenvalue weighted by Gasteiger charge is -2.14. The number of carbonyl (C=O) groups excluding carboxylic acids is 1. The van der Waals surface area contributed by atoms with Gasteiger partial charge >= 0.3 is 5.97 Å². The molecule has 0 fully saturated rings. The van der Waals surface area contributed by atoms with E-state index in [0.29, 0.717) is 11.1 Å². The van der Waals surface area contributed by atoms with E-state index in [4.69, 9.17) is 4.74 Å². The molecule has 0 aromatic heterocycles. The molecule has 23 heavy (non-hydrogen) atoms. The summed E-state index contributed by atoms with van der Waals surface area (Å²) in [5.74, 6) is 5.49. The van der Waals surface area contributed by atoms with E-state index in [-0.39, 0.29) is 11.8 Å². The number of esters is 1.